The van der Waals surface area contributed by atoms with Crippen LogP contribution in [0.4, 0.5) is 0 Å². The summed E-state index contributed by atoms with van der Waals surface area (Å²) in [6, 6.07) is 7.99. The highest BCUT2D eigenvalue weighted by Gasteiger charge is 1.92. The van der Waals surface area contributed by atoms with Crippen LogP contribution in [0.2, 0.25) is 0 Å². The number of rotatable bonds is 14. The smallest absolute Gasteiger partial charge is 0.114 e. The summed E-state index contributed by atoms with van der Waals surface area (Å²) in [5.74, 6) is 11.8. The van der Waals surface area contributed by atoms with E-state index >= 15 is 0 Å². The summed E-state index contributed by atoms with van der Waals surface area (Å²) < 4.78 is 0. The molecular formula is C32H40N2. The van der Waals surface area contributed by atoms with Crippen molar-refractivity contribution >= 4 is 12.2 Å². The van der Waals surface area contributed by atoms with Gasteiger partial charge >= 0.3 is 0 Å². The number of aromatic nitrogens is 2. The van der Waals surface area contributed by atoms with Crippen molar-refractivity contribution in [3.63, 3.8) is 0 Å². The van der Waals surface area contributed by atoms with Crippen LogP contribution >= 0.6 is 0 Å². The molecule has 178 valence electrons. The van der Waals surface area contributed by atoms with Gasteiger partial charge in [-0.2, -0.15) is 0 Å². The van der Waals surface area contributed by atoms with Gasteiger partial charge in [-0.05, 0) is 72.6 Å². The van der Waals surface area contributed by atoms with Crippen LogP contribution in [-0.4, -0.2) is 9.97 Å². The van der Waals surface area contributed by atoms with Crippen molar-refractivity contribution in [1.82, 2.24) is 9.97 Å². The standard InChI is InChI=1S/C32H40N2/c1-3-5-7-9-11-13-15-19-29-23-25-31(33-27-29)21-17-18-22-32-26-24-30(28-34-32)20-16-14-12-10-8-6-4-2/h15-16,19-20,23-28H,3-14H2,1-2H3/b19-15+,20-16+. The maximum Gasteiger partial charge on any atom is 0.114 e. The lowest BCUT2D eigenvalue weighted by molar-refractivity contribution is 0.638. The van der Waals surface area contributed by atoms with Crippen molar-refractivity contribution in [3.05, 3.63) is 71.3 Å². The topological polar surface area (TPSA) is 25.8 Å². The molecule has 0 saturated carbocycles. The number of hydrogen-bond acceptors (Lipinski definition) is 2. The zero-order valence-corrected chi connectivity index (χ0v) is 21.2. The predicted molar refractivity (Wildman–Crippen MR) is 147 cm³/mol. The SMILES string of the molecule is CCCCCCC/C=C/c1ccc(C#CC#Cc2ccc(/C=C/CCCCCCC)cn2)nc1. The molecule has 0 spiro atoms. The first-order chi connectivity index (χ1) is 16.8. The van der Waals surface area contributed by atoms with E-state index in [1.165, 1.54) is 64.2 Å². The van der Waals surface area contributed by atoms with Gasteiger partial charge < -0.3 is 0 Å². The van der Waals surface area contributed by atoms with Gasteiger partial charge in [-0.1, -0.05) is 102 Å². The largest absolute Gasteiger partial charge is 0.247 e. The summed E-state index contributed by atoms with van der Waals surface area (Å²) in [4.78, 5) is 8.83. The van der Waals surface area contributed by atoms with Crippen molar-refractivity contribution < 1.29 is 0 Å². The predicted octanol–water partition coefficient (Wildman–Crippen LogP) is 8.63. The Kier molecular flexibility index (Phi) is 14.6. The van der Waals surface area contributed by atoms with Crippen molar-refractivity contribution in [1.29, 1.82) is 0 Å². The Labute approximate surface area is 208 Å². The summed E-state index contributed by atoms with van der Waals surface area (Å²) in [7, 11) is 0. The van der Waals surface area contributed by atoms with Gasteiger partial charge in [0.05, 0.1) is 0 Å². The molecule has 0 radical (unpaired) electrons. The van der Waals surface area contributed by atoms with Gasteiger partial charge in [0.1, 0.15) is 11.4 Å². The molecule has 2 rings (SSSR count). The summed E-state index contributed by atoms with van der Waals surface area (Å²) >= 11 is 0. The molecule has 0 aliphatic heterocycles. The summed E-state index contributed by atoms with van der Waals surface area (Å²) in [5, 5.41) is 0. The molecule has 0 saturated heterocycles. The molecule has 2 aromatic heterocycles. The number of pyridine rings is 2. The third-order valence-corrected chi connectivity index (χ3v) is 5.59. The van der Waals surface area contributed by atoms with E-state index in [9.17, 15) is 0 Å². The Morgan fingerprint density at radius 3 is 1.41 bits per heavy atom. The highest BCUT2D eigenvalue weighted by molar-refractivity contribution is 5.50. The first kappa shape index (κ1) is 27.1. The lowest BCUT2D eigenvalue weighted by Crippen LogP contribution is -1.83. The van der Waals surface area contributed by atoms with Gasteiger partial charge in [0.25, 0.3) is 0 Å². The van der Waals surface area contributed by atoms with Crippen molar-refractivity contribution in [2.45, 2.75) is 90.9 Å². The van der Waals surface area contributed by atoms with E-state index in [1.807, 2.05) is 24.5 Å². The first-order valence-electron chi connectivity index (χ1n) is 13.1. The molecule has 2 nitrogen and oxygen atoms in total. The van der Waals surface area contributed by atoms with Gasteiger partial charge in [-0.15, -0.1) is 0 Å². The van der Waals surface area contributed by atoms with Crippen LogP contribution in [0.5, 0.6) is 0 Å². The van der Waals surface area contributed by atoms with Crippen LogP contribution in [0.1, 0.15) is 113 Å². The van der Waals surface area contributed by atoms with Gasteiger partial charge in [-0.3, -0.25) is 0 Å². The Bertz CT molecular complexity index is 890. The highest BCUT2D eigenvalue weighted by Crippen LogP contribution is 2.09. The molecule has 0 aliphatic carbocycles. The molecule has 0 atom stereocenters. The van der Waals surface area contributed by atoms with Gasteiger partial charge in [0.2, 0.25) is 0 Å². The van der Waals surface area contributed by atoms with Crippen LogP contribution in [0.25, 0.3) is 12.2 Å². The fourth-order valence-corrected chi connectivity index (χ4v) is 3.52. The molecular weight excluding hydrogens is 412 g/mol. The Morgan fingerprint density at radius 2 is 1.03 bits per heavy atom. The molecule has 0 unspecified atom stereocenters. The van der Waals surface area contributed by atoms with Gasteiger partial charge in [0, 0.05) is 12.4 Å². The van der Waals surface area contributed by atoms with E-state index in [-0.39, 0.29) is 0 Å². The molecule has 0 aliphatic rings. The summed E-state index contributed by atoms with van der Waals surface area (Å²) in [6.07, 6.45) is 27.9. The lowest BCUT2D eigenvalue weighted by atomic mass is 10.1. The Balaban J connectivity index is 1.73. The maximum absolute atomic E-state index is 4.41. The minimum atomic E-state index is 0.731. The molecule has 0 aromatic carbocycles. The number of unbranched alkanes of at least 4 members (excludes halogenated alkanes) is 10. The second kappa shape index (κ2) is 18.3. The molecule has 0 N–H and O–H groups in total. The zero-order valence-electron chi connectivity index (χ0n) is 21.2. The molecule has 2 aromatic rings. The number of hydrogen-bond donors (Lipinski definition) is 0. The molecule has 0 amide bonds. The van der Waals surface area contributed by atoms with Crippen LogP contribution in [0.3, 0.4) is 0 Å². The number of allylic oxidation sites excluding steroid dienone is 2. The Hall–Kier alpha value is -3.10. The van der Waals surface area contributed by atoms with E-state index in [4.69, 9.17) is 0 Å². The third-order valence-electron chi connectivity index (χ3n) is 5.59. The number of nitrogens with zero attached hydrogens (tertiary/aromatic N) is 2. The average Bonchev–Trinajstić information content (AvgIpc) is 2.87. The van der Waals surface area contributed by atoms with Crippen LogP contribution in [0, 0.1) is 23.7 Å². The van der Waals surface area contributed by atoms with E-state index in [0.717, 1.165) is 35.4 Å². The zero-order chi connectivity index (χ0) is 24.1. The van der Waals surface area contributed by atoms with Crippen molar-refractivity contribution in [2.75, 3.05) is 0 Å². The monoisotopic (exact) mass is 452 g/mol. The van der Waals surface area contributed by atoms with E-state index < -0.39 is 0 Å². The summed E-state index contributed by atoms with van der Waals surface area (Å²) in [6.45, 7) is 4.50. The second-order valence-corrected chi connectivity index (χ2v) is 8.66. The minimum Gasteiger partial charge on any atom is -0.247 e. The van der Waals surface area contributed by atoms with Gasteiger partial charge in [0.15, 0.2) is 0 Å². The molecule has 34 heavy (non-hydrogen) atoms. The van der Waals surface area contributed by atoms with Crippen molar-refractivity contribution in [3.8, 4) is 23.7 Å². The molecule has 2 heteroatoms. The molecule has 0 fully saturated rings. The third kappa shape index (κ3) is 12.8. The van der Waals surface area contributed by atoms with Crippen LogP contribution in [-0.2, 0) is 0 Å². The maximum atomic E-state index is 4.41. The van der Waals surface area contributed by atoms with E-state index in [1.54, 1.807) is 0 Å². The van der Waals surface area contributed by atoms with E-state index in [2.05, 4.69) is 83.9 Å². The van der Waals surface area contributed by atoms with Crippen molar-refractivity contribution in [2.24, 2.45) is 0 Å². The fraction of sp³-hybridized carbons (Fsp3) is 0.438. The van der Waals surface area contributed by atoms with Crippen LogP contribution < -0.4 is 0 Å². The fourth-order valence-electron chi connectivity index (χ4n) is 3.52. The highest BCUT2D eigenvalue weighted by atomic mass is 14.7. The normalized spacial score (nSPS) is 10.8. The van der Waals surface area contributed by atoms with E-state index in [0.29, 0.717) is 0 Å². The average molecular weight is 453 g/mol. The lowest BCUT2D eigenvalue weighted by Gasteiger charge is -1.97. The van der Waals surface area contributed by atoms with Gasteiger partial charge in [-0.25, -0.2) is 9.97 Å². The molecule has 2 heterocycles. The van der Waals surface area contributed by atoms with Crippen LogP contribution in [0.15, 0.2) is 48.8 Å². The molecule has 0 bridgehead atoms. The quantitative estimate of drug-likeness (QED) is 0.212. The minimum absolute atomic E-state index is 0.731. The summed E-state index contributed by atoms with van der Waals surface area (Å²) in [5.41, 5.74) is 3.68. The second-order valence-electron chi connectivity index (χ2n) is 8.66. The first-order valence-corrected chi connectivity index (χ1v) is 13.1. The Morgan fingerprint density at radius 1 is 0.588 bits per heavy atom.